The number of carboxylic acid groups (broad SMARTS) is 1. The molecule has 0 radical (unpaired) electrons. The summed E-state index contributed by atoms with van der Waals surface area (Å²) in [4.78, 5) is 24.5. The smallest absolute Gasteiger partial charge is 0.323 e. The van der Waals surface area contributed by atoms with Crippen LogP contribution in [0.2, 0.25) is 0 Å². The minimum Gasteiger partial charge on any atom is -0.480 e. The third kappa shape index (κ3) is 4.69. The summed E-state index contributed by atoms with van der Waals surface area (Å²) in [6.07, 6.45) is 3.28. The Morgan fingerprint density at radius 3 is 2.45 bits per heavy atom. The first-order valence-electron chi connectivity index (χ1n) is 7.62. The fraction of sp³-hybridized carbons (Fsp3) is 0.867. The predicted molar refractivity (Wildman–Crippen MR) is 78.5 cm³/mol. The van der Waals surface area contributed by atoms with E-state index in [1.165, 1.54) is 4.90 Å². The number of carboxylic acids is 1. The van der Waals surface area contributed by atoms with Crippen molar-refractivity contribution < 1.29 is 14.7 Å². The van der Waals surface area contributed by atoms with E-state index in [-0.39, 0.29) is 24.5 Å². The highest BCUT2D eigenvalue weighted by Gasteiger charge is 2.33. The topological polar surface area (TPSA) is 69.6 Å². The number of amides is 2. The van der Waals surface area contributed by atoms with Gasteiger partial charge in [-0.3, -0.25) is 4.79 Å². The van der Waals surface area contributed by atoms with Gasteiger partial charge in [0.15, 0.2) is 0 Å². The highest BCUT2D eigenvalue weighted by Crippen LogP contribution is 2.33. The molecule has 0 aliphatic heterocycles. The molecule has 0 heterocycles. The van der Waals surface area contributed by atoms with Crippen LogP contribution < -0.4 is 5.32 Å². The van der Waals surface area contributed by atoms with E-state index in [1.807, 2.05) is 13.8 Å². The first-order valence-corrected chi connectivity index (χ1v) is 7.62. The summed E-state index contributed by atoms with van der Waals surface area (Å²) >= 11 is 0. The Morgan fingerprint density at radius 1 is 1.35 bits per heavy atom. The van der Waals surface area contributed by atoms with Gasteiger partial charge in [0.2, 0.25) is 0 Å². The normalized spacial score (nSPS) is 25.8. The third-order valence-corrected chi connectivity index (χ3v) is 4.26. The molecular formula is C15H28N2O3. The van der Waals surface area contributed by atoms with E-state index in [2.05, 4.69) is 19.2 Å². The Bertz CT molecular complexity index is 344. The minimum atomic E-state index is -0.966. The van der Waals surface area contributed by atoms with E-state index in [9.17, 15) is 9.59 Å². The predicted octanol–water partition coefficient (Wildman–Crippen LogP) is 2.56. The number of urea groups is 1. The Morgan fingerprint density at radius 2 is 2.00 bits per heavy atom. The second-order valence-corrected chi connectivity index (χ2v) is 6.33. The van der Waals surface area contributed by atoms with Crippen molar-refractivity contribution in [3.05, 3.63) is 0 Å². The number of hydrogen-bond acceptors (Lipinski definition) is 2. The van der Waals surface area contributed by atoms with Gasteiger partial charge < -0.3 is 15.3 Å². The Hall–Kier alpha value is -1.26. The number of hydrogen-bond donors (Lipinski definition) is 2. The number of rotatable bonds is 6. The molecule has 0 aromatic carbocycles. The maximum Gasteiger partial charge on any atom is 0.323 e. The molecule has 5 nitrogen and oxygen atoms in total. The van der Waals surface area contributed by atoms with Crippen molar-refractivity contribution in [1.82, 2.24) is 10.2 Å². The van der Waals surface area contributed by atoms with E-state index in [1.54, 1.807) is 0 Å². The molecule has 0 saturated heterocycles. The first kappa shape index (κ1) is 16.8. The molecule has 0 aromatic heterocycles. The fourth-order valence-electron chi connectivity index (χ4n) is 3.10. The zero-order valence-corrected chi connectivity index (χ0v) is 13.1. The van der Waals surface area contributed by atoms with Gasteiger partial charge in [-0.2, -0.15) is 0 Å². The summed E-state index contributed by atoms with van der Waals surface area (Å²) in [6.45, 7) is 8.55. The summed E-state index contributed by atoms with van der Waals surface area (Å²) < 4.78 is 0. The monoisotopic (exact) mass is 284 g/mol. The van der Waals surface area contributed by atoms with Gasteiger partial charge in [0.05, 0.1) is 0 Å². The summed E-state index contributed by atoms with van der Waals surface area (Å²) in [5.41, 5.74) is 0. The molecule has 20 heavy (non-hydrogen) atoms. The van der Waals surface area contributed by atoms with Gasteiger partial charge in [-0.25, -0.2) is 4.79 Å². The average molecular weight is 284 g/mol. The molecule has 116 valence electrons. The molecule has 5 heteroatoms. The molecular weight excluding hydrogens is 256 g/mol. The molecule has 0 bridgehead atoms. The summed E-state index contributed by atoms with van der Waals surface area (Å²) in [6, 6.07) is -0.0642. The summed E-state index contributed by atoms with van der Waals surface area (Å²) in [7, 11) is 0. The number of nitrogens with one attached hydrogen (secondary N) is 1. The Balaban J connectivity index is 2.59. The van der Waals surface area contributed by atoms with Crippen molar-refractivity contribution in [2.24, 2.45) is 17.8 Å². The number of carbonyl (C=O) groups is 2. The largest absolute Gasteiger partial charge is 0.480 e. The van der Waals surface area contributed by atoms with Crippen molar-refractivity contribution in [3.63, 3.8) is 0 Å². The lowest BCUT2D eigenvalue weighted by atomic mass is 9.93. The number of nitrogens with zero attached hydrogens (tertiary/aromatic N) is 1. The molecule has 2 N–H and O–H groups in total. The lowest BCUT2D eigenvalue weighted by molar-refractivity contribution is -0.137. The van der Waals surface area contributed by atoms with Crippen LogP contribution in [0.5, 0.6) is 0 Å². The molecule has 1 rings (SSSR count). The number of aliphatic carboxylic acids is 1. The lowest BCUT2D eigenvalue weighted by Crippen LogP contribution is -2.48. The van der Waals surface area contributed by atoms with Gasteiger partial charge >= 0.3 is 12.0 Å². The highest BCUT2D eigenvalue weighted by molar-refractivity contribution is 5.80. The van der Waals surface area contributed by atoms with Crippen molar-refractivity contribution in [2.75, 3.05) is 13.1 Å². The van der Waals surface area contributed by atoms with Crippen LogP contribution in [-0.4, -0.2) is 41.1 Å². The van der Waals surface area contributed by atoms with E-state index in [0.29, 0.717) is 18.4 Å². The van der Waals surface area contributed by atoms with Gasteiger partial charge in [0.1, 0.15) is 6.54 Å². The zero-order chi connectivity index (χ0) is 15.3. The molecule has 1 fully saturated rings. The van der Waals surface area contributed by atoms with Crippen LogP contribution in [0.15, 0.2) is 0 Å². The van der Waals surface area contributed by atoms with Crippen LogP contribution in [0.25, 0.3) is 0 Å². The molecule has 2 amide bonds. The van der Waals surface area contributed by atoms with E-state index < -0.39 is 5.97 Å². The van der Waals surface area contributed by atoms with Gasteiger partial charge in [0, 0.05) is 12.6 Å². The maximum absolute atomic E-state index is 12.3. The van der Waals surface area contributed by atoms with Crippen LogP contribution in [0.4, 0.5) is 4.79 Å². The Kier molecular flexibility index (Phi) is 6.30. The van der Waals surface area contributed by atoms with Gasteiger partial charge in [-0.1, -0.05) is 34.1 Å². The molecule has 3 atom stereocenters. The fourth-order valence-corrected chi connectivity index (χ4v) is 3.10. The number of carbonyl (C=O) groups excluding carboxylic acids is 1. The molecule has 1 saturated carbocycles. The highest BCUT2D eigenvalue weighted by atomic mass is 16.4. The molecule has 1 aliphatic rings. The van der Waals surface area contributed by atoms with Gasteiger partial charge in [-0.05, 0) is 30.6 Å². The maximum atomic E-state index is 12.3. The Labute approximate surface area is 121 Å². The van der Waals surface area contributed by atoms with Crippen LogP contribution in [-0.2, 0) is 4.79 Å². The summed E-state index contributed by atoms with van der Waals surface area (Å²) in [5, 5.41) is 11.9. The lowest BCUT2D eigenvalue weighted by Gasteiger charge is -2.27. The van der Waals surface area contributed by atoms with Gasteiger partial charge in [0.25, 0.3) is 0 Å². The molecule has 0 aromatic rings. The molecule has 1 aliphatic carbocycles. The standard InChI is InChI=1S/C15H28N2O3/c1-5-12-6-7-13(11(12)4)16-15(20)17(8-10(2)3)9-14(18)19/h10-13H,5-9H2,1-4H3,(H,16,20)(H,18,19). The SMILES string of the molecule is CCC1CCC(NC(=O)N(CC(=O)O)CC(C)C)C1C. The van der Waals surface area contributed by atoms with E-state index >= 15 is 0 Å². The van der Waals surface area contributed by atoms with Crippen molar-refractivity contribution in [2.45, 2.75) is 53.0 Å². The quantitative estimate of drug-likeness (QED) is 0.787. The minimum absolute atomic E-state index is 0.177. The van der Waals surface area contributed by atoms with E-state index in [0.717, 1.165) is 19.3 Å². The van der Waals surface area contributed by atoms with Gasteiger partial charge in [-0.15, -0.1) is 0 Å². The van der Waals surface area contributed by atoms with Crippen molar-refractivity contribution in [1.29, 1.82) is 0 Å². The van der Waals surface area contributed by atoms with Crippen LogP contribution in [0.3, 0.4) is 0 Å². The van der Waals surface area contributed by atoms with Crippen LogP contribution in [0, 0.1) is 17.8 Å². The van der Waals surface area contributed by atoms with Crippen molar-refractivity contribution in [3.8, 4) is 0 Å². The second-order valence-electron chi connectivity index (χ2n) is 6.33. The van der Waals surface area contributed by atoms with Crippen LogP contribution >= 0.6 is 0 Å². The molecule has 3 unspecified atom stereocenters. The average Bonchev–Trinajstić information content (AvgIpc) is 2.68. The van der Waals surface area contributed by atoms with Crippen molar-refractivity contribution >= 4 is 12.0 Å². The summed E-state index contributed by atoms with van der Waals surface area (Å²) in [5.74, 6) is 0.421. The third-order valence-electron chi connectivity index (χ3n) is 4.26. The molecule has 0 spiro atoms. The second kappa shape index (κ2) is 7.50. The zero-order valence-electron chi connectivity index (χ0n) is 13.1. The first-order chi connectivity index (χ1) is 9.35. The van der Waals surface area contributed by atoms with E-state index in [4.69, 9.17) is 5.11 Å². The van der Waals surface area contributed by atoms with Crippen LogP contribution in [0.1, 0.15) is 47.0 Å².